The SMILES string of the molecule is Cn1nc2c(c1NC(=O)c1ccc(=O)[nH]n1)CNCC2. The van der Waals surface area contributed by atoms with Gasteiger partial charge in [-0.15, -0.1) is 0 Å². The Hall–Kier alpha value is -2.48. The second-order valence-corrected chi connectivity index (χ2v) is 4.58. The monoisotopic (exact) mass is 274 g/mol. The lowest BCUT2D eigenvalue weighted by Crippen LogP contribution is -2.25. The number of H-pyrrole nitrogens is 1. The van der Waals surface area contributed by atoms with Gasteiger partial charge < -0.3 is 10.6 Å². The maximum absolute atomic E-state index is 12.1. The number of fused-ring (bicyclic) bond motifs is 1. The van der Waals surface area contributed by atoms with Crippen LogP contribution >= 0.6 is 0 Å². The molecule has 1 aliphatic heterocycles. The largest absolute Gasteiger partial charge is 0.312 e. The van der Waals surface area contributed by atoms with Crippen LogP contribution in [0, 0.1) is 0 Å². The maximum Gasteiger partial charge on any atom is 0.277 e. The van der Waals surface area contributed by atoms with Gasteiger partial charge >= 0.3 is 0 Å². The summed E-state index contributed by atoms with van der Waals surface area (Å²) < 4.78 is 1.65. The topological polar surface area (TPSA) is 105 Å². The lowest BCUT2D eigenvalue weighted by atomic mass is 10.1. The molecule has 1 amide bonds. The van der Waals surface area contributed by atoms with Crippen LogP contribution in [0.2, 0.25) is 0 Å². The zero-order valence-corrected chi connectivity index (χ0v) is 10.9. The highest BCUT2D eigenvalue weighted by Crippen LogP contribution is 2.22. The van der Waals surface area contributed by atoms with Crippen molar-refractivity contribution in [3.05, 3.63) is 39.4 Å². The number of carbonyl (C=O) groups is 1. The van der Waals surface area contributed by atoms with Crippen molar-refractivity contribution in [3.63, 3.8) is 0 Å². The van der Waals surface area contributed by atoms with E-state index in [-0.39, 0.29) is 17.2 Å². The number of nitrogens with zero attached hydrogens (tertiary/aromatic N) is 3. The summed E-state index contributed by atoms with van der Waals surface area (Å²) in [6.45, 7) is 1.57. The summed E-state index contributed by atoms with van der Waals surface area (Å²) in [5.41, 5.74) is 1.81. The van der Waals surface area contributed by atoms with Gasteiger partial charge in [0.25, 0.3) is 11.5 Å². The zero-order chi connectivity index (χ0) is 14.1. The van der Waals surface area contributed by atoms with Crippen molar-refractivity contribution < 1.29 is 4.79 Å². The number of aromatic nitrogens is 4. The van der Waals surface area contributed by atoms with Crippen LogP contribution in [0.25, 0.3) is 0 Å². The van der Waals surface area contributed by atoms with Crippen molar-refractivity contribution in [1.29, 1.82) is 0 Å². The maximum atomic E-state index is 12.1. The first-order chi connectivity index (χ1) is 9.65. The van der Waals surface area contributed by atoms with Crippen molar-refractivity contribution >= 4 is 11.7 Å². The third kappa shape index (κ3) is 2.21. The molecule has 8 heteroatoms. The molecule has 20 heavy (non-hydrogen) atoms. The molecule has 0 atom stereocenters. The molecule has 0 unspecified atom stereocenters. The Bertz CT molecular complexity index is 697. The number of anilines is 1. The van der Waals surface area contributed by atoms with Gasteiger partial charge in [-0.25, -0.2) is 5.10 Å². The van der Waals surface area contributed by atoms with Crippen LogP contribution in [-0.2, 0) is 20.0 Å². The first-order valence-corrected chi connectivity index (χ1v) is 6.27. The molecule has 1 aliphatic rings. The van der Waals surface area contributed by atoms with Crippen molar-refractivity contribution in [2.75, 3.05) is 11.9 Å². The summed E-state index contributed by atoms with van der Waals surface area (Å²) in [6, 6.07) is 2.65. The number of aryl methyl sites for hydroxylation is 1. The molecule has 2 aromatic heterocycles. The second kappa shape index (κ2) is 4.89. The van der Waals surface area contributed by atoms with Gasteiger partial charge in [0.2, 0.25) is 0 Å². The van der Waals surface area contributed by atoms with Crippen molar-refractivity contribution in [2.45, 2.75) is 13.0 Å². The molecule has 2 aromatic rings. The molecule has 0 aromatic carbocycles. The fourth-order valence-corrected chi connectivity index (χ4v) is 2.23. The number of carbonyl (C=O) groups excluding carboxylic acids is 1. The van der Waals surface area contributed by atoms with Crippen molar-refractivity contribution in [1.82, 2.24) is 25.3 Å². The predicted molar refractivity (Wildman–Crippen MR) is 71.4 cm³/mol. The molecule has 104 valence electrons. The molecule has 0 aliphatic carbocycles. The van der Waals surface area contributed by atoms with Crippen LogP contribution < -0.4 is 16.2 Å². The normalized spacial score (nSPS) is 13.8. The van der Waals surface area contributed by atoms with E-state index in [1.54, 1.807) is 11.7 Å². The van der Waals surface area contributed by atoms with E-state index in [1.165, 1.54) is 12.1 Å². The van der Waals surface area contributed by atoms with Gasteiger partial charge in [-0.3, -0.25) is 14.3 Å². The fourth-order valence-electron chi connectivity index (χ4n) is 2.23. The summed E-state index contributed by atoms with van der Waals surface area (Å²) >= 11 is 0. The minimum absolute atomic E-state index is 0.156. The van der Waals surface area contributed by atoms with Gasteiger partial charge in [0.15, 0.2) is 0 Å². The summed E-state index contributed by atoms with van der Waals surface area (Å²) in [4.78, 5) is 23.0. The molecule has 0 radical (unpaired) electrons. The minimum atomic E-state index is -0.377. The van der Waals surface area contributed by atoms with Crippen molar-refractivity contribution in [3.8, 4) is 0 Å². The molecule has 0 spiro atoms. The Morgan fingerprint density at radius 2 is 2.30 bits per heavy atom. The number of rotatable bonds is 2. The number of nitrogens with one attached hydrogen (secondary N) is 3. The van der Waals surface area contributed by atoms with E-state index in [0.29, 0.717) is 12.4 Å². The van der Waals surface area contributed by atoms with Crippen LogP contribution in [0.1, 0.15) is 21.7 Å². The van der Waals surface area contributed by atoms with E-state index < -0.39 is 0 Å². The average Bonchev–Trinajstić information content (AvgIpc) is 2.76. The van der Waals surface area contributed by atoms with Crippen LogP contribution in [-0.4, -0.2) is 32.4 Å². The van der Waals surface area contributed by atoms with Gasteiger partial charge in [-0.1, -0.05) is 0 Å². The molecule has 0 saturated heterocycles. The Morgan fingerprint density at radius 3 is 3.05 bits per heavy atom. The third-order valence-corrected chi connectivity index (χ3v) is 3.21. The highest BCUT2D eigenvalue weighted by atomic mass is 16.2. The van der Waals surface area contributed by atoms with Gasteiger partial charge in [0.1, 0.15) is 11.5 Å². The van der Waals surface area contributed by atoms with E-state index in [0.717, 1.165) is 24.2 Å². The number of amides is 1. The van der Waals surface area contributed by atoms with Gasteiger partial charge in [0.05, 0.1) is 5.69 Å². The quantitative estimate of drug-likeness (QED) is 0.678. The smallest absolute Gasteiger partial charge is 0.277 e. The van der Waals surface area contributed by atoms with Crippen LogP contribution in [0.15, 0.2) is 16.9 Å². The van der Waals surface area contributed by atoms with E-state index in [4.69, 9.17) is 0 Å². The van der Waals surface area contributed by atoms with Gasteiger partial charge in [-0.05, 0) is 6.07 Å². The average molecular weight is 274 g/mol. The Labute approximate surface area is 114 Å². The molecule has 3 rings (SSSR count). The van der Waals surface area contributed by atoms with E-state index in [2.05, 4.69) is 25.9 Å². The van der Waals surface area contributed by atoms with Gasteiger partial charge in [-0.2, -0.15) is 10.2 Å². The molecule has 0 fully saturated rings. The number of hydrogen-bond donors (Lipinski definition) is 3. The predicted octanol–water partition coefficient (Wildman–Crippen LogP) is -0.599. The summed E-state index contributed by atoms with van der Waals surface area (Å²) in [5.74, 6) is 0.280. The van der Waals surface area contributed by atoms with E-state index in [9.17, 15) is 9.59 Å². The van der Waals surface area contributed by atoms with Gasteiger partial charge in [0, 0.05) is 38.2 Å². The molecule has 0 saturated carbocycles. The van der Waals surface area contributed by atoms with E-state index in [1.807, 2.05) is 0 Å². The van der Waals surface area contributed by atoms with E-state index >= 15 is 0 Å². The molecule has 8 nitrogen and oxygen atoms in total. The summed E-state index contributed by atoms with van der Waals surface area (Å²) in [6.07, 6.45) is 0.843. The zero-order valence-electron chi connectivity index (χ0n) is 10.9. The van der Waals surface area contributed by atoms with Crippen LogP contribution in [0.5, 0.6) is 0 Å². The highest BCUT2D eigenvalue weighted by molar-refractivity contribution is 6.02. The lowest BCUT2D eigenvalue weighted by Gasteiger charge is -2.13. The lowest BCUT2D eigenvalue weighted by molar-refractivity contribution is 0.102. The second-order valence-electron chi connectivity index (χ2n) is 4.58. The molecule has 0 bridgehead atoms. The first kappa shape index (κ1) is 12.5. The first-order valence-electron chi connectivity index (χ1n) is 6.27. The Kier molecular flexibility index (Phi) is 3.07. The molecule has 3 heterocycles. The standard InChI is InChI=1S/C12H14N6O2/c1-18-11(7-6-13-5-4-8(7)17-18)14-12(20)9-2-3-10(19)16-15-9/h2-3,13H,4-6H2,1H3,(H,14,20)(H,16,19). The van der Waals surface area contributed by atoms with Crippen molar-refractivity contribution in [2.24, 2.45) is 7.05 Å². The summed E-state index contributed by atoms with van der Waals surface area (Å²) in [5, 5.41) is 16.4. The van der Waals surface area contributed by atoms with Crippen LogP contribution in [0.3, 0.4) is 0 Å². The highest BCUT2D eigenvalue weighted by Gasteiger charge is 2.21. The number of aromatic amines is 1. The summed E-state index contributed by atoms with van der Waals surface area (Å²) in [7, 11) is 1.79. The van der Waals surface area contributed by atoms with Crippen LogP contribution in [0.4, 0.5) is 5.82 Å². The number of hydrogen-bond acceptors (Lipinski definition) is 5. The Balaban J connectivity index is 1.87. The fraction of sp³-hybridized carbons (Fsp3) is 0.333. The molecular weight excluding hydrogens is 260 g/mol. The molecular formula is C12H14N6O2. The minimum Gasteiger partial charge on any atom is -0.312 e. The Morgan fingerprint density at radius 1 is 1.45 bits per heavy atom. The third-order valence-electron chi connectivity index (χ3n) is 3.21. The molecule has 3 N–H and O–H groups in total.